The van der Waals surface area contributed by atoms with Crippen molar-refractivity contribution in [3.8, 4) is 0 Å². The summed E-state index contributed by atoms with van der Waals surface area (Å²) in [7, 11) is 0. The Morgan fingerprint density at radius 2 is 2.31 bits per heavy atom. The van der Waals surface area contributed by atoms with Crippen molar-refractivity contribution in [2.45, 2.75) is 44.8 Å². The second-order valence-electron chi connectivity index (χ2n) is 5.05. The molecule has 1 aliphatic heterocycles. The molecule has 2 fully saturated rings. The van der Waals surface area contributed by atoms with Crippen LogP contribution in [-0.4, -0.2) is 32.0 Å². The zero-order valence-corrected chi connectivity index (χ0v) is 10.2. The highest BCUT2D eigenvalue weighted by atomic mass is 16.5. The molecule has 1 heterocycles. The zero-order valence-electron chi connectivity index (χ0n) is 10.2. The van der Waals surface area contributed by atoms with Crippen molar-refractivity contribution >= 4 is 0 Å². The van der Waals surface area contributed by atoms with Gasteiger partial charge in [-0.05, 0) is 38.5 Å². The molecule has 0 aromatic carbocycles. The first-order valence-electron chi connectivity index (χ1n) is 6.49. The average molecular weight is 228 g/mol. The lowest BCUT2D eigenvalue weighted by molar-refractivity contribution is -0.0308. The minimum Gasteiger partial charge on any atom is -0.381 e. The summed E-state index contributed by atoms with van der Waals surface area (Å²) in [5.74, 6) is 7.03. The molecule has 2 atom stereocenters. The largest absolute Gasteiger partial charge is 0.381 e. The minimum absolute atomic E-state index is 0.426. The van der Waals surface area contributed by atoms with Gasteiger partial charge in [0.1, 0.15) is 0 Å². The molecule has 16 heavy (non-hydrogen) atoms. The van der Waals surface area contributed by atoms with Crippen molar-refractivity contribution in [2.75, 3.05) is 19.8 Å². The Morgan fingerprint density at radius 3 is 2.88 bits per heavy atom. The Labute approximate surface area is 97.8 Å². The van der Waals surface area contributed by atoms with E-state index in [0.717, 1.165) is 32.2 Å². The van der Waals surface area contributed by atoms with Crippen LogP contribution in [-0.2, 0) is 9.47 Å². The number of ether oxygens (including phenoxy) is 2. The number of rotatable bonds is 6. The first kappa shape index (κ1) is 12.3. The van der Waals surface area contributed by atoms with E-state index < -0.39 is 0 Å². The maximum atomic E-state index is 5.64. The van der Waals surface area contributed by atoms with E-state index in [1.807, 2.05) is 0 Å². The molecule has 0 aromatic rings. The molecule has 94 valence electrons. The van der Waals surface area contributed by atoms with Crippen LogP contribution in [0.2, 0.25) is 0 Å². The summed E-state index contributed by atoms with van der Waals surface area (Å²) >= 11 is 0. The van der Waals surface area contributed by atoms with E-state index in [2.05, 4.69) is 12.3 Å². The van der Waals surface area contributed by atoms with Crippen LogP contribution in [0.15, 0.2) is 0 Å². The van der Waals surface area contributed by atoms with E-state index in [1.54, 1.807) is 0 Å². The molecule has 4 nitrogen and oxygen atoms in total. The highest BCUT2D eigenvalue weighted by Gasteiger charge is 2.34. The summed E-state index contributed by atoms with van der Waals surface area (Å²) in [6, 6.07) is 0.426. The average Bonchev–Trinajstić information content (AvgIpc) is 2.74. The highest BCUT2D eigenvalue weighted by molar-refractivity contribution is 4.87. The van der Waals surface area contributed by atoms with Crippen LogP contribution in [0, 0.1) is 11.8 Å². The van der Waals surface area contributed by atoms with Gasteiger partial charge in [0.2, 0.25) is 0 Å². The topological polar surface area (TPSA) is 56.5 Å². The molecule has 0 amide bonds. The SMILES string of the molecule is CCOC1CC(CC(NN)C2CCOC2)C1. The summed E-state index contributed by atoms with van der Waals surface area (Å²) in [5.41, 5.74) is 2.97. The Bertz CT molecular complexity index is 201. The fraction of sp³-hybridized carbons (Fsp3) is 1.00. The van der Waals surface area contributed by atoms with E-state index >= 15 is 0 Å². The first-order valence-corrected chi connectivity index (χ1v) is 6.49. The second-order valence-corrected chi connectivity index (χ2v) is 5.05. The van der Waals surface area contributed by atoms with Crippen molar-refractivity contribution in [3.63, 3.8) is 0 Å². The van der Waals surface area contributed by atoms with Gasteiger partial charge >= 0.3 is 0 Å². The van der Waals surface area contributed by atoms with Crippen molar-refractivity contribution < 1.29 is 9.47 Å². The van der Waals surface area contributed by atoms with Crippen molar-refractivity contribution in [3.05, 3.63) is 0 Å². The van der Waals surface area contributed by atoms with Crippen LogP contribution < -0.4 is 11.3 Å². The van der Waals surface area contributed by atoms with E-state index in [4.69, 9.17) is 15.3 Å². The lowest BCUT2D eigenvalue weighted by Gasteiger charge is -2.38. The molecule has 0 bridgehead atoms. The van der Waals surface area contributed by atoms with Gasteiger partial charge in [0.15, 0.2) is 0 Å². The normalized spacial score (nSPS) is 36.0. The molecule has 1 aliphatic carbocycles. The third-order valence-corrected chi connectivity index (χ3v) is 3.93. The molecule has 0 spiro atoms. The van der Waals surface area contributed by atoms with Crippen LogP contribution in [0.5, 0.6) is 0 Å². The predicted octanol–water partition coefficient (Wildman–Crippen LogP) is 1.06. The summed E-state index contributed by atoms with van der Waals surface area (Å²) < 4.78 is 11.0. The second kappa shape index (κ2) is 5.96. The number of hydrazine groups is 1. The van der Waals surface area contributed by atoms with E-state index in [1.165, 1.54) is 19.3 Å². The van der Waals surface area contributed by atoms with Gasteiger partial charge in [0, 0.05) is 25.2 Å². The van der Waals surface area contributed by atoms with Gasteiger partial charge in [0.05, 0.1) is 12.7 Å². The highest BCUT2D eigenvalue weighted by Crippen LogP contribution is 2.35. The number of nitrogens with two attached hydrogens (primary N) is 1. The smallest absolute Gasteiger partial charge is 0.0580 e. The van der Waals surface area contributed by atoms with Crippen LogP contribution in [0.4, 0.5) is 0 Å². The van der Waals surface area contributed by atoms with Gasteiger partial charge in [-0.25, -0.2) is 0 Å². The van der Waals surface area contributed by atoms with E-state index in [0.29, 0.717) is 18.1 Å². The summed E-state index contributed by atoms with van der Waals surface area (Å²) in [6.45, 7) is 4.67. The third-order valence-electron chi connectivity index (χ3n) is 3.93. The van der Waals surface area contributed by atoms with Gasteiger partial charge < -0.3 is 9.47 Å². The molecule has 0 aromatic heterocycles. The number of nitrogens with one attached hydrogen (secondary N) is 1. The Morgan fingerprint density at radius 1 is 1.50 bits per heavy atom. The molecule has 2 unspecified atom stereocenters. The van der Waals surface area contributed by atoms with Gasteiger partial charge in [-0.2, -0.15) is 0 Å². The maximum absolute atomic E-state index is 5.64. The van der Waals surface area contributed by atoms with Crippen LogP contribution in [0.1, 0.15) is 32.6 Å². The Hall–Kier alpha value is -0.160. The quantitative estimate of drug-likeness (QED) is 0.527. The van der Waals surface area contributed by atoms with Crippen molar-refractivity contribution in [1.82, 2.24) is 5.43 Å². The molecule has 0 radical (unpaired) electrons. The molecule has 2 aliphatic rings. The van der Waals surface area contributed by atoms with Crippen LogP contribution in [0.25, 0.3) is 0 Å². The molecule has 1 saturated carbocycles. The van der Waals surface area contributed by atoms with Gasteiger partial charge in [-0.1, -0.05) is 0 Å². The standard InChI is InChI=1S/C12H24N2O2/c1-2-16-11-5-9(6-11)7-12(14-13)10-3-4-15-8-10/h9-12,14H,2-8,13H2,1H3. The molecule has 1 saturated heterocycles. The lowest BCUT2D eigenvalue weighted by atomic mass is 9.76. The van der Waals surface area contributed by atoms with Crippen LogP contribution in [0.3, 0.4) is 0 Å². The monoisotopic (exact) mass is 228 g/mol. The first-order chi connectivity index (χ1) is 7.83. The van der Waals surface area contributed by atoms with Crippen molar-refractivity contribution in [2.24, 2.45) is 17.7 Å². The zero-order chi connectivity index (χ0) is 11.4. The molecule has 3 N–H and O–H groups in total. The van der Waals surface area contributed by atoms with Gasteiger partial charge in [-0.15, -0.1) is 0 Å². The van der Waals surface area contributed by atoms with Crippen molar-refractivity contribution in [1.29, 1.82) is 0 Å². The minimum atomic E-state index is 0.426. The third kappa shape index (κ3) is 2.94. The van der Waals surface area contributed by atoms with Crippen LogP contribution >= 0.6 is 0 Å². The number of hydrogen-bond donors (Lipinski definition) is 2. The summed E-state index contributed by atoms with van der Waals surface area (Å²) in [5, 5.41) is 0. The number of hydrogen-bond acceptors (Lipinski definition) is 4. The summed E-state index contributed by atoms with van der Waals surface area (Å²) in [4.78, 5) is 0. The molecular formula is C12H24N2O2. The fourth-order valence-corrected chi connectivity index (χ4v) is 2.86. The Balaban J connectivity index is 1.67. The molecule has 2 rings (SSSR count). The predicted molar refractivity (Wildman–Crippen MR) is 62.8 cm³/mol. The van der Waals surface area contributed by atoms with E-state index in [-0.39, 0.29) is 0 Å². The fourth-order valence-electron chi connectivity index (χ4n) is 2.86. The Kier molecular flexibility index (Phi) is 4.58. The summed E-state index contributed by atoms with van der Waals surface area (Å²) in [6.07, 6.45) is 5.25. The van der Waals surface area contributed by atoms with Gasteiger partial charge in [0.25, 0.3) is 0 Å². The maximum Gasteiger partial charge on any atom is 0.0580 e. The molecule has 4 heteroatoms. The van der Waals surface area contributed by atoms with Gasteiger partial charge in [-0.3, -0.25) is 11.3 Å². The lowest BCUT2D eigenvalue weighted by Crippen LogP contribution is -2.45. The van der Waals surface area contributed by atoms with E-state index in [9.17, 15) is 0 Å². The molecular weight excluding hydrogens is 204 g/mol.